The first-order chi connectivity index (χ1) is 12.1. The Morgan fingerprint density at radius 1 is 1.28 bits per heavy atom. The van der Waals surface area contributed by atoms with Gasteiger partial charge in [0.15, 0.2) is 4.80 Å². The molecule has 3 aromatic rings. The molecule has 0 spiro atoms. The largest absolute Gasteiger partial charge is 0.303 e. The molecule has 3 nitrogen and oxygen atoms in total. The van der Waals surface area contributed by atoms with E-state index in [0.717, 1.165) is 9.60 Å². The Balaban J connectivity index is 2.24. The number of thioether (sulfide) groups is 1. The first-order valence-electron chi connectivity index (χ1n) is 7.19. The molecule has 7 heteroatoms. The Hall–Kier alpha value is -1.71. The number of terminal acetylenes is 1. The number of hydrogen-bond acceptors (Lipinski definition) is 3. The van der Waals surface area contributed by atoms with E-state index in [0.29, 0.717) is 25.9 Å². The molecule has 1 heterocycles. The van der Waals surface area contributed by atoms with Gasteiger partial charge in [-0.3, -0.25) is 4.79 Å². The Labute approximate surface area is 163 Å². The van der Waals surface area contributed by atoms with Gasteiger partial charge in [-0.25, -0.2) is 0 Å². The summed E-state index contributed by atoms with van der Waals surface area (Å²) in [5, 5.41) is 1.07. The van der Waals surface area contributed by atoms with Gasteiger partial charge in [0.25, 0.3) is 5.91 Å². The average molecular weight is 407 g/mol. The van der Waals surface area contributed by atoms with Gasteiger partial charge in [0, 0.05) is 4.90 Å². The van der Waals surface area contributed by atoms with Crippen molar-refractivity contribution in [2.75, 3.05) is 6.26 Å². The third-order valence-electron chi connectivity index (χ3n) is 3.51. The van der Waals surface area contributed by atoms with Gasteiger partial charge in [-0.05, 0) is 30.5 Å². The van der Waals surface area contributed by atoms with Crippen molar-refractivity contribution < 1.29 is 4.79 Å². The van der Waals surface area contributed by atoms with Gasteiger partial charge in [0.2, 0.25) is 0 Å². The zero-order chi connectivity index (χ0) is 18.0. The fraction of sp³-hybridized carbons (Fsp3) is 0.111. The second kappa shape index (κ2) is 7.67. The molecular weight excluding hydrogens is 395 g/mol. The van der Waals surface area contributed by atoms with Crippen molar-refractivity contribution in [3.05, 3.63) is 56.8 Å². The number of carbonyl (C=O) groups is 1. The van der Waals surface area contributed by atoms with Crippen molar-refractivity contribution in [1.29, 1.82) is 0 Å². The average Bonchev–Trinajstić information content (AvgIpc) is 2.98. The van der Waals surface area contributed by atoms with Crippen molar-refractivity contribution >= 4 is 62.4 Å². The van der Waals surface area contributed by atoms with Crippen LogP contribution in [-0.2, 0) is 6.54 Å². The van der Waals surface area contributed by atoms with E-state index in [-0.39, 0.29) is 12.5 Å². The standard InChI is InChI=1S/C18H12Cl2N2OS2/c1-3-10-22-15-12(19)8-9-13(20)16(15)25-18(22)21-17(23)11-6-4-5-7-14(11)24-2/h1,4-9H,10H2,2H3. The number of nitrogens with zero attached hydrogens (tertiary/aromatic N) is 2. The highest BCUT2D eigenvalue weighted by Gasteiger charge is 2.15. The summed E-state index contributed by atoms with van der Waals surface area (Å²) in [6.07, 6.45) is 7.40. The number of carbonyl (C=O) groups excluding carboxylic acids is 1. The van der Waals surface area contributed by atoms with Gasteiger partial charge in [0.1, 0.15) is 0 Å². The van der Waals surface area contributed by atoms with E-state index in [2.05, 4.69) is 10.9 Å². The van der Waals surface area contributed by atoms with Crippen LogP contribution >= 0.6 is 46.3 Å². The molecule has 0 unspecified atom stereocenters. The summed E-state index contributed by atoms with van der Waals surface area (Å²) in [6.45, 7) is 0.246. The fourth-order valence-corrected chi connectivity index (χ4v) is 4.64. The molecule has 0 aliphatic rings. The summed E-state index contributed by atoms with van der Waals surface area (Å²) in [5.41, 5.74) is 1.25. The minimum atomic E-state index is -0.325. The SMILES string of the molecule is C#CCn1c(=NC(=O)c2ccccc2SC)sc2c(Cl)ccc(Cl)c21. The zero-order valence-electron chi connectivity index (χ0n) is 13.1. The lowest BCUT2D eigenvalue weighted by Gasteiger charge is -2.03. The van der Waals surface area contributed by atoms with Crippen molar-refractivity contribution in [1.82, 2.24) is 4.57 Å². The number of hydrogen-bond donors (Lipinski definition) is 0. The molecule has 1 aromatic heterocycles. The van der Waals surface area contributed by atoms with E-state index in [1.807, 2.05) is 24.5 Å². The van der Waals surface area contributed by atoms with Gasteiger partial charge in [0.05, 0.1) is 32.4 Å². The van der Waals surface area contributed by atoms with Crippen LogP contribution in [0.3, 0.4) is 0 Å². The number of halogens is 2. The van der Waals surface area contributed by atoms with Crippen LogP contribution in [0.25, 0.3) is 10.2 Å². The lowest BCUT2D eigenvalue weighted by Crippen LogP contribution is -2.16. The molecule has 2 aromatic carbocycles. The van der Waals surface area contributed by atoms with Crippen LogP contribution in [0.5, 0.6) is 0 Å². The van der Waals surface area contributed by atoms with Crippen LogP contribution in [0.15, 0.2) is 46.3 Å². The minimum absolute atomic E-state index is 0.246. The molecule has 25 heavy (non-hydrogen) atoms. The highest BCUT2D eigenvalue weighted by Crippen LogP contribution is 2.32. The molecule has 0 saturated heterocycles. The molecule has 0 aliphatic heterocycles. The number of fused-ring (bicyclic) bond motifs is 1. The molecule has 0 bridgehead atoms. The maximum absolute atomic E-state index is 12.7. The first-order valence-corrected chi connectivity index (χ1v) is 9.99. The fourth-order valence-electron chi connectivity index (χ4n) is 2.40. The lowest BCUT2D eigenvalue weighted by molar-refractivity contribution is 0.0995. The molecular formula is C18H12Cl2N2OS2. The molecule has 0 aliphatic carbocycles. The van der Waals surface area contributed by atoms with Crippen molar-refractivity contribution in [3.8, 4) is 12.3 Å². The van der Waals surface area contributed by atoms with Gasteiger partial charge >= 0.3 is 0 Å². The molecule has 1 amide bonds. The molecule has 0 atom stereocenters. The third kappa shape index (κ3) is 3.49. The quantitative estimate of drug-likeness (QED) is 0.447. The highest BCUT2D eigenvalue weighted by atomic mass is 35.5. The van der Waals surface area contributed by atoms with Gasteiger partial charge < -0.3 is 4.57 Å². The summed E-state index contributed by atoms with van der Waals surface area (Å²) in [4.78, 5) is 18.3. The summed E-state index contributed by atoms with van der Waals surface area (Å²) in [5.74, 6) is 2.25. The van der Waals surface area contributed by atoms with Crippen LogP contribution in [0.4, 0.5) is 0 Å². The molecule has 0 saturated carbocycles. The number of thiazole rings is 1. The Kier molecular flexibility index (Phi) is 5.55. The Bertz CT molecular complexity index is 1080. The normalized spacial score (nSPS) is 11.7. The van der Waals surface area contributed by atoms with Crippen molar-refractivity contribution in [3.63, 3.8) is 0 Å². The number of benzene rings is 2. The minimum Gasteiger partial charge on any atom is -0.303 e. The monoisotopic (exact) mass is 406 g/mol. The van der Waals surface area contributed by atoms with E-state index in [1.165, 1.54) is 23.1 Å². The van der Waals surface area contributed by atoms with E-state index in [9.17, 15) is 4.79 Å². The number of aromatic nitrogens is 1. The summed E-state index contributed by atoms with van der Waals surface area (Å²) < 4.78 is 2.50. The topological polar surface area (TPSA) is 34.4 Å². The molecule has 0 radical (unpaired) electrons. The van der Waals surface area contributed by atoms with Crippen LogP contribution in [0.2, 0.25) is 10.0 Å². The molecule has 126 valence electrons. The smallest absolute Gasteiger partial charge is 0.280 e. The van der Waals surface area contributed by atoms with E-state index in [4.69, 9.17) is 29.6 Å². The van der Waals surface area contributed by atoms with Gasteiger partial charge in [-0.1, -0.05) is 52.6 Å². The summed E-state index contributed by atoms with van der Waals surface area (Å²) in [7, 11) is 0. The van der Waals surface area contributed by atoms with Crippen LogP contribution in [0.1, 0.15) is 10.4 Å². The van der Waals surface area contributed by atoms with Crippen molar-refractivity contribution in [2.24, 2.45) is 4.99 Å². The van der Waals surface area contributed by atoms with Gasteiger partial charge in [-0.2, -0.15) is 4.99 Å². The summed E-state index contributed by atoms with van der Waals surface area (Å²) >= 11 is 15.4. The number of rotatable bonds is 3. The summed E-state index contributed by atoms with van der Waals surface area (Å²) in [6, 6.07) is 10.8. The Morgan fingerprint density at radius 2 is 2.00 bits per heavy atom. The number of amides is 1. The van der Waals surface area contributed by atoms with Crippen LogP contribution in [0, 0.1) is 12.3 Å². The Morgan fingerprint density at radius 3 is 2.72 bits per heavy atom. The maximum Gasteiger partial charge on any atom is 0.280 e. The highest BCUT2D eigenvalue weighted by molar-refractivity contribution is 7.98. The molecule has 3 rings (SSSR count). The van der Waals surface area contributed by atoms with Crippen LogP contribution in [-0.4, -0.2) is 16.7 Å². The van der Waals surface area contributed by atoms with Crippen molar-refractivity contribution in [2.45, 2.75) is 11.4 Å². The zero-order valence-corrected chi connectivity index (χ0v) is 16.3. The maximum atomic E-state index is 12.7. The first kappa shape index (κ1) is 18.1. The second-order valence-corrected chi connectivity index (χ2v) is 7.64. The second-order valence-electron chi connectivity index (χ2n) is 5.00. The predicted octanol–water partition coefficient (Wildman–Crippen LogP) is 5.11. The van der Waals surface area contributed by atoms with E-state index in [1.54, 1.807) is 22.8 Å². The molecule has 0 fully saturated rings. The van der Waals surface area contributed by atoms with Gasteiger partial charge in [-0.15, -0.1) is 18.2 Å². The van der Waals surface area contributed by atoms with Crippen LogP contribution < -0.4 is 4.80 Å². The molecule has 0 N–H and O–H groups in total. The predicted molar refractivity (Wildman–Crippen MR) is 107 cm³/mol. The third-order valence-corrected chi connectivity index (χ3v) is 6.15. The lowest BCUT2D eigenvalue weighted by atomic mass is 10.2. The van der Waals surface area contributed by atoms with E-state index < -0.39 is 0 Å². The van der Waals surface area contributed by atoms with E-state index >= 15 is 0 Å².